The molecule has 0 atom stereocenters. The average Bonchev–Trinajstić information content (AvgIpc) is 3.34. The Morgan fingerprint density at radius 3 is 2.65 bits per heavy atom. The number of benzene rings is 1. The zero-order chi connectivity index (χ0) is 15.6. The van der Waals surface area contributed by atoms with Crippen LogP contribution in [0, 0.1) is 5.92 Å². The molecule has 0 heterocycles. The first-order chi connectivity index (χ1) is 10.8. The molecule has 0 saturated heterocycles. The Kier molecular flexibility index (Phi) is 10.9. The van der Waals surface area contributed by atoms with Crippen molar-refractivity contribution in [3.05, 3.63) is 34.3 Å². The van der Waals surface area contributed by atoms with E-state index in [0.29, 0.717) is 6.54 Å². The standard InChI is InChI=1S/C17H26BrN3O.HI/c1-2-19-17(20-10-3-11-22-13-15-4-5-15)21-12-14-6-8-16(18)9-7-14;/h6-9,15H,2-5,10-13H2,1H3,(H2,19,20,21);1H. The lowest BCUT2D eigenvalue weighted by Crippen LogP contribution is -2.38. The van der Waals surface area contributed by atoms with Crippen LogP contribution in [-0.4, -0.2) is 32.3 Å². The van der Waals surface area contributed by atoms with E-state index in [1.165, 1.54) is 18.4 Å². The maximum absolute atomic E-state index is 5.64. The van der Waals surface area contributed by atoms with Gasteiger partial charge < -0.3 is 15.4 Å². The zero-order valence-electron chi connectivity index (χ0n) is 13.7. The van der Waals surface area contributed by atoms with Gasteiger partial charge in [0.1, 0.15) is 0 Å². The summed E-state index contributed by atoms with van der Waals surface area (Å²) >= 11 is 3.45. The first-order valence-corrected chi connectivity index (χ1v) is 8.91. The van der Waals surface area contributed by atoms with Crippen LogP contribution in [0.2, 0.25) is 0 Å². The lowest BCUT2D eigenvalue weighted by atomic mass is 10.2. The number of rotatable bonds is 9. The van der Waals surface area contributed by atoms with E-state index in [4.69, 9.17) is 4.74 Å². The second-order valence-electron chi connectivity index (χ2n) is 5.62. The second-order valence-corrected chi connectivity index (χ2v) is 6.54. The molecule has 2 rings (SSSR count). The number of hydrogen-bond acceptors (Lipinski definition) is 2. The van der Waals surface area contributed by atoms with Crippen molar-refractivity contribution >= 4 is 45.9 Å². The van der Waals surface area contributed by atoms with Crippen LogP contribution in [0.15, 0.2) is 33.7 Å². The van der Waals surface area contributed by atoms with Crippen LogP contribution in [0.4, 0.5) is 0 Å². The molecule has 1 fully saturated rings. The van der Waals surface area contributed by atoms with Crippen LogP contribution >= 0.6 is 39.9 Å². The fourth-order valence-electron chi connectivity index (χ4n) is 2.02. The molecule has 1 aliphatic carbocycles. The van der Waals surface area contributed by atoms with Crippen LogP contribution in [0.5, 0.6) is 0 Å². The number of ether oxygens (including phenoxy) is 1. The van der Waals surface area contributed by atoms with E-state index in [1.807, 2.05) is 12.1 Å². The third kappa shape index (κ3) is 9.52. The van der Waals surface area contributed by atoms with E-state index in [0.717, 1.165) is 49.1 Å². The van der Waals surface area contributed by atoms with Gasteiger partial charge in [-0.25, -0.2) is 4.99 Å². The van der Waals surface area contributed by atoms with Crippen molar-refractivity contribution < 1.29 is 4.74 Å². The quantitative estimate of drug-likeness (QED) is 0.236. The van der Waals surface area contributed by atoms with Crippen molar-refractivity contribution in [1.82, 2.24) is 10.6 Å². The van der Waals surface area contributed by atoms with E-state index < -0.39 is 0 Å². The van der Waals surface area contributed by atoms with Gasteiger partial charge in [0, 0.05) is 30.8 Å². The van der Waals surface area contributed by atoms with Crippen molar-refractivity contribution in [2.45, 2.75) is 32.7 Å². The van der Waals surface area contributed by atoms with Crippen LogP contribution < -0.4 is 10.6 Å². The predicted molar refractivity (Wildman–Crippen MR) is 111 cm³/mol. The number of aliphatic imine (C=N–C) groups is 1. The summed E-state index contributed by atoms with van der Waals surface area (Å²) in [6, 6.07) is 8.26. The first-order valence-electron chi connectivity index (χ1n) is 8.12. The maximum Gasteiger partial charge on any atom is 0.191 e. The van der Waals surface area contributed by atoms with Crippen molar-refractivity contribution in [3.8, 4) is 0 Å². The average molecular weight is 496 g/mol. The number of guanidine groups is 1. The van der Waals surface area contributed by atoms with Crippen molar-refractivity contribution in [2.75, 3.05) is 26.3 Å². The van der Waals surface area contributed by atoms with Gasteiger partial charge in [0.2, 0.25) is 0 Å². The molecular formula is C17H27BrIN3O. The van der Waals surface area contributed by atoms with E-state index in [9.17, 15) is 0 Å². The normalized spacial score (nSPS) is 14.3. The summed E-state index contributed by atoms with van der Waals surface area (Å²) in [7, 11) is 0. The van der Waals surface area contributed by atoms with Crippen molar-refractivity contribution in [1.29, 1.82) is 0 Å². The highest BCUT2D eigenvalue weighted by Gasteiger charge is 2.20. The monoisotopic (exact) mass is 495 g/mol. The third-order valence-corrected chi connectivity index (χ3v) is 4.01. The minimum atomic E-state index is 0. The van der Waals surface area contributed by atoms with Gasteiger partial charge >= 0.3 is 0 Å². The summed E-state index contributed by atoms with van der Waals surface area (Å²) in [6.45, 7) is 6.28. The lowest BCUT2D eigenvalue weighted by molar-refractivity contribution is 0.123. The van der Waals surface area contributed by atoms with Crippen molar-refractivity contribution in [3.63, 3.8) is 0 Å². The molecular weight excluding hydrogens is 469 g/mol. The van der Waals surface area contributed by atoms with Gasteiger partial charge in [0.15, 0.2) is 5.96 Å². The van der Waals surface area contributed by atoms with Gasteiger partial charge in [-0.15, -0.1) is 24.0 Å². The molecule has 0 unspecified atom stereocenters. The SMILES string of the molecule is CCNC(=NCc1ccc(Br)cc1)NCCCOCC1CC1.I. The zero-order valence-corrected chi connectivity index (χ0v) is 17.6. The first kappa shape index (κ1) is 20.7. The number of halogens is 2. The lowest BCUT2D eigenvalue weighted by Gasteiger charge is -2.11. The van der Waals surface area contributed by atoms with E-state index in [2.05, 4.69) is 50.6 Å². The second kappa shape index (κ2) is 12.1. The number of nitrogens with zero attached hydrogens (tertiary/aromatic N) is 1. The highest BCUT2D eigenvalue weighted by Crippen LogP contribution is 2.28. The van der Waals surface area contributed by atoms with Gasteiger partial charge in [-0.3, -0.25) is 0 Å². The maximum atomic E-state index is 5.64. The largest absolute Gasteiger partial charge is 0.381 e. The minimum Gasteiger partial charge on any atom is -0.381 e. The molecule has 0 aromatic heterocycles. The van der Waals surface area contributed by atoms with E-state index in [-0.39, 0.29) is 24.0 Å². The summed E-state index contributed by atoms with van der Waals surface area (Å²) in [6.07, 6.45) is 3.71. The highest BCUT2D eigenvalue weighted by molar-refractivity contribution is 14.0. The van der Waals surface area contributed by atoms with E-state index in [1.54, 1.807) is 0 Å². The third-order valence-electron chi connectivity index (χ3n) is 3.49. The Morgan fingerprint density at radius 1 is 1.26 bits per heavy atom. The molecule has 0 amide bonds. The molecule has 4 nitrogen and oxygen atoms in total. The summed E-state index contributed by atoms with van der Waals surface area (Å²) < 4.78 is 6.73. The fraction of sp³-hybridized carbons (Fsp3) is 0.588. The molecule has 6 heteroatoms. The summed E-state index contributed by atoms with van der Waals surface area (Å²) in [5.41, 5.74) is 1.20. The van der Waals surface area contributed by atoms with Crippen LogP contribution in [0.1, 0.15) is 31.7 Å². The Morgan fingerprint density at radius 2 is 2.00 bits per heavy atom. The van der Waals surface area contributed by atoms with Gasteiger partial charge in [-0.1, -0.05) is 28.1 Å². The molecule has 2 N–H and O–H groups in total. The highest BCUT2D eigenvalue weighted by atomic mass is 127. The minimum absolute atomic E-state index is 0. The Labute approximate surface area is 165 Å². The predicted octanol–water partition coefficient (Wildman–Crippen LogP) is 3.94. The molecule has 0 aliphatic heterocycles. The van der Waals surface area contributed by atoms with Crippen LogP contribution in [-0.2, 0) is 11.3 Å². The smallest absolute Gasteiger partial charge is 0.191 e. The molecule has 130 valence electrons. The van der Waals surface area contributed by atoms with Crippen molar-refractivity contribution in [2.24, 2.45) is 10.9 Å². The van der Waals surface area contributed by atoms with Gasteiger partial charge in [0.05, 0.1) is 6.54 Å². The van der Waals surface area contributed by atoms with Crippen LogP contribution in [0.3, 0.4) is 0 Å². The molecule has 0 bridgehead atoms. The Balaban J connectivity index is 0.00000264. The Hall–Kier alpha value is -0.340. The summed E-state index contributed by atoms with van der Waals surface area (Å²) in [5.74, 6) is 1.71. The van der Waals surface area contributed by atoms with Gasteiger partial charge in [-0.05, 0) is 49.8 Å². The molecule has 1 aliphatic rings. The number of hydrogen-bond donors (Lipinski definition) is 2. The molecule has 0 spiro atoms. The Bertz CT molecular complexity index is 463. The fourth-order valence-corrected chi connectivity index (χ4v) is 2.28. The van der Waals surface area contributed by atoms with Gasteiger partial charge in [0.25, 0.3) is 0 Å². The molecule has 1 saturated carbocycles. The summed E-state index contributed by atoms with van der Waals surface area (Å²) in [5, 5.41) is 6.63. The van der Waals surface area contributed by atoms with E-state index >= 15 is 0 Å². The summed E-state index contributed by atoms with van der Waals surface area (Å²) in [4.78, 5) is 4.61. The topological polar surface area (TPSA) is 45.7 Å². The number of nitrogens with one attached hydrogen (secondary N) is 2. The van der Waals surface area contributed by atoms with Crippen LogP contribution in [0.25, 0.3) is 0 Å². The molecule has 1 aromatic carbocycles. The molecule has 0 radical (unpaired) electrons. The van der Waals surface area contributed by atoms with Gasteiger partial charge in [-0.2, -0.15) is 0 Å². The molecule has 23 heavy (non-hydrogen) atoms. The molecule has 1 aromatic rings.